The third-order valence-corrected chi connectivity index (χ3v) is 3.27. The maximum atomic E-state index is 4.33. The molecule has 2 aromatic heterocycles. The van der Waals surface area contributed by atoms with Crippen molar-refractivity contribution in [3.8, 4) is 0 Å². The van der Waals surface area contributed by atoms with Gasteiger partial charge in [0, 0.05) is 17.8 Å². The molecule has 1 aliphatic rings. The van der Waals surface area contributed by atoms with Gasteiger partial charge in [0.1, 0.15) is 5.65 Å². The number of H-pyrrole nitrogens is 1. The van der Waals surface area contributed by atoms with E-state index in [4.69, 9.17) is 0 Å². The summed E-state index contributed by atoms with van der Waals surface area (Å²) in [4.78, 5) is 7.50. The maximum absolute atomic E-state index is 4.33. The van der Waals surface area contributed by atoms with Crippen molar-refractivity contribution in [1.82, 2.24) is 15.3 Å². The smallest absolute Gasteiger partial charge is 0.137 e. The zero-order chi connectivity index (χ0) is 10.1. The average molecular weight is 201 g/mol. The minimum atomic E-state index is 0.701. The summed E-state index contributed by atoms with van der Waals surface area (Å²) in [6.45, 7) is 2.28. The van der Waals surface area contributed by atoms with E-state index in [-0.39, 0.29) is 0 Å². The molecule has 0 spiro atoms. The van der Waals surface area contributed by atoms with E-state index in [1.165, 1.54) is 23.8 Å². The first-order valence-corrected chi connectivity index (χ1v) is 5.58. The van der Waals surface area contributed by atoms with Gasteiger partial charge in [0.25, 0.3) is 0 Å². The fourth-order valence-corrected chi connectivity index (χ4v) is 2.47. The lowest BCUT2D eigenvalue weighted by atomic mass is 9.89. The zero-order valence-corrected chi connectivity index (χ0v) is 8.66. The Morgan fingerprint density at radius 3 is 2.93 bits per heavy atom. The molecule has 15 heavy (non-hydrogen) atoms. The van der Waals surface area contributed by atoms with E-state index in [1.54, 1.807) is 0 Å². The Kier molecular flexibility index (Phi) is 2.18. The lowest BCUT2D eigenvalue weighted by Crippen LogP contribution is -2.26. The molecular weight excluding hydrogens is 186 g/mol. The topological polar surface area (TPSA) is 40.7 Å². The van der Waals surface area contributed by atoms with Crippen LogP contribution in [0.4, 0.5) is 0 Å². The number of aromatic amines is 1. The van der Waals surface area contributed by atoms with Gasteiger partial charge in [-0.15, -0.1) is 0 Å². The Labute approximate surface area is 88.9 Å². The standard InChI is InChI=1S/C12H15N3/c1-5-13-6-2-9(1)10-3-7-14-12-11(10)4-8-15-12/h3-4,7-9,13H,1-2,5-6H2,(H,14,15). The van der Waals surface area contributed by atoms with E-state index < -0.39 is 0 Å². The van der Waals surface area contributed by atoms with Crippen LogP contribution in [-0.4, -0.2) is 23.1 Å². The van der Waals surface area contributed by atoms with E-state index in [2.05, 4.69) is 27.4 Å². The molecule has 3 heterocycles. The summed E-state index contributed by atoms with van der Waals surface area (Å²) >= 11 is 0. The maximum Gasteiger partial charge on any atom is 0.137 e. The highest BCUT2D eigenvalue weighted by Gasteiger charge is 2.17. The minimum absolute atomic E-state index is 0.701. The van der Waals surface area contributed by atoms with Crippen LogP contribution in [0.3, 0.4) is 0 Å². The fraction of sp³-hybridized carbons (Fsp3) is 0.417. The Balaban J connectivity index is 2.05. The van der Waals surface area contributed by atoms with E-state index in [0.717, 1.165) is 18.7 Å². The summed E-state index contributed by atoms with van der Waals surface area (Å²) in [5, 5.41) is 4.70. The van der Waals surface area contributed by atoms with E-state index in [0.29, 0.717) is 5.92 Å². The van der Waals surface area contributed by atoms with E-state index >= 15 is 0 Å². The molecule has 0 bridgehead atoms. The highest BCUT2D eigenvalue weighted by molar-refractivity contribution is 5.79. The lowest BCUT2D eigenvalue weighted by molar-refractivity contribution is 0.462. The quantitative estimate of drug-likeness (QED) is 0.741. The van der Waals surface area contributed by atoms with Gasteiger partial charge in [0.2, 0.25) is 0 Å². The van der Waals surface area contributed by atoms with Gasteiger partial charge >= 0.3 is 0 Å². The van der Waals surface area contributed by atoms with E-state index in [1.807, 2.05) is 12.4 Å². The molecule has 0 unspecified atom stereocenters. The number of piperidine rings is 1. The van der Waals surface area contributed by atoms with Crippen LogP contribution in [0, 0.1) is 0 Å². The number of hydrogen-bond donors (Lipinski definition) is 2. The van der Waals surface area contributed by atoms with Crippen LogP contribution >= 0.6 is 0 Å². The first-order valence-electron chi connectivity index (χ1n) is 5.58. The monoisotopic (exact) mass is 201 g/mol. The third-order valence-electron chi connectivity index (χ3n) is 3.27. The minimum Gasteiger partial charge on any atom is -0.346 e. The normalized spacial score (nSPS) is 18.4. The van der Waals surface area contributed by atoms with E-state index in [9.17, 15) is 0 Å². The molecular formula is C12H15N3. The molecule has 3 rings (SSSR count). The summed E-state index contributed by atoms with van der Waals surface area (Å²) in [6, 6.07) is 4.31. The first kappa shape index (κ1) is 8.92. The Morgan fingerprint density at radius 1 is 1.20 bits per heavy atom. The molecule has 0 aliphatic carbocycles. The van der Waals surface area contributed by atoms with Gasteiger partial charge in [0.05, 0.1) is 0 Å². The Bertz CT molecular complexity index is 455. The zero-order valence-electron chi connectivity index (χ0n) is 8.66. The van der Waals surface area contributed by atoms with Crippen molar-refractivity contribution < 1.29 is 0 Å². The molecule has 0 saturated carbocycles. The number of hydrogen-bond acceptors (Lipinski definition) is 2. The van der Waals surface area contributed by atoms with Crippen molar-refractivity contribution in [3.63, 3.8) is 0 Å². The van der Waals surface area contributed by atoms with Gasteiger partial charge in [-0.3, -0.25) is 0 Å². The second-order valence-corrected chi connectivity index (χ2v) is 4.16. The SMILES string of the molecule is c1cc(C2CCNCC2)c2cc[nH]c2n1. The van der Waals surface area contributed by atoms with Crippen LogP contribution in [0.2, 0.25) is 0 Å². The molecule has 3 nitrogen and oxygen atoms in total. The molecule has 0 radical (unpaired) electrons. The summed E-state index contributed by atoms with van der Waals surface area (Å²) in [7, 11) is 0. The molecule has 0 aromatic carbocycles. The number of fused-ring (bicyclic) bond motifs is 1. The predicted molar refractivity (Wildman–Crippen MR) is 60.9 cm³/mol. The molecule has 78 valence electrons. The van der Waals surface area contributed by atoms with Crippen molar-refractivity contribution in [3.05, 3.63) is 30.1 Å². The van der Waals surface area contributed by atoms with Crippen molar-refractivity contribution in [2.45, 2.75) is 18.8 Å². The van der Waals surface area contributed by atoms with Crippen LogP contribution in [0.25, 0.3) is 11.0 Å². The Hall–Kier alpha value is -1.35. The van der Waals surface area contributed by atoms with Crippen molar-refractivity contribution in [2.75, 3.05) is 13.1 Å². The first-order chi connectivity index (χ1) is 7.45. The fourth-order valence-electron chi connectivity index (χ4n) is 2.47. The number of nitrogens with one attached hydrogen (secondary N) is 2. The van der Waals surface area contributed by atoms with Gasteiger partial charge < -0.3 is 10.3 Å². The van der Waals surface area contributed by atoms with Crippen LogP contribution in [0.5, 0.6) is 0 Å². The van der Waals surface area contributed by atoms with Crippen LogP contribution in [-0.2, 0) is 0 Å². The molecule has 2 N–H and O–H groups in total. The molecule has 1 saturated heterocycles. The van der Waals surface area contributed by atoms with Crippen LogP contribution in [0.15, 0.2) is 24.5 Å². The molecule has 0 amide bonds. The number of rotatable bonds is 1. The van der Waals surface area contributed by atoms with Crippen molar-refractivity contribution in [1.29, 1.82) is 0 Å². The van der Waals surface area contributed by atoms with Crippen LogP contribution < -0.4 is 5.32 Å². The number of pyridine rings is 1. The van der Waals surface area contributed by atoms with Gasteiger partial charge in [0.15, 0.2) is 0 Å². The van der Waals surface area contributed by atoms with Gasteiger partial charge in [-0.2, -0.15) is 0 Å². The highest BCUT2D eigenvalue weighted by atomic mass is 14.9. The second kappa shape index (κ2) is 3.66. The van der Waals surface area contributed by atoms with Gasteiger partial charge in [-0.1, -0.05) is 0 Å². The summed E-state index contributed by atoms with van der Waals surface area (Å²) < 4.78 is 0. The molecule has 1 aliphatic heterocycles. The number of nitrogens with zero attached hydrogens (tertiary/aromatic N) is 1. The highest BCUT2D eigenvalue weighted by Crippen LogP contribution is 2.29. The summed E-state index contributed by atoms with van der Waals surface area (Å²) in [5.74, 6) is 0.701. The largest absolute Gasteiger partial charge is 0.346 e. The van der Waals surface area contributed by atoms with Crippen LogP contribution in [0.1, 0.15) is 24.3 Å². The third kappa shape index (κ3) is 1.53. The predicted octanol–water partition coefficient (Wildman–Crippen LogP) is 2.03. The second-order valence-electron chi connectivity index (χ2n) is 4.16. The number of aromatic nitrogens is 2. The molecule has 0 atom stereocenters. The molecule has 1 fully saturated rings. The van der Waals surface area contributed by atoms with Crippen molar-refractivity contribution in [2.24, 2.45) is 0 Å². The molecule has 3 heteroatoms. The van der Waals surface area contributed by atoms with Gasteiger partial charge in [-0.05, 0) is 49.5 Å². The summed E-state index contributed by atoms with van der Waals surface area (Å²) in [5.41, 5.74) is 2.48. The summed E-state index contributed by atoms with van der Waals surface area (Å²) in [6.07, 6.45) is 6.37. The average Bonchev–Trinajstić information content (AvgIpc) is 2.78. The Morgan fingerprint density at radius 2 is 2.07 bits per heavy atom. The molecule has 2 aromatic rings. The van der Waals surface area contributed by atoms with Crippen molar-refractivity contribution >= 4 is 11.0 Å². The van der Waals surface area contributed by atoms with Gasteiger partial charge in [-0.25, -0.2) is 4.98 Å². The lowest BCUT2D eigenvalue weighted by Gasteiger charge is -2.23.